The Bertz CT molecular complexity index is 223. The van der Waals surface area contributed by atoms with E-state index in [2.05, 4.69) is 11.9 Å². The molecule has 0 saturated heterocycles. The summed E-state index contributed by atoms with van der Waals surface area (Å²) in [4.78, 5) is 13.0. The Morgan fingerprint density at radius 3 is 2.43 bits per heavy atom. The molecule has 14 heavy (non-hydrogen) atoms. The molecule has 80 valence electrons. The summed E-state index contributed by atoms with van der Waals surface area (Å²) in [6, 6.07) is 0.980. The highest BCUT2D eigenvalue weighted by Crippen LogP contribution is 2.38. The third-order valence-electron chi connectivity index (χ3n) is 3.75. The van der Waals surface area contributed by atoms with Crippen LogP contribution in [0.5, 0.6) is 0 Å². The maximum Gasteiger partial charge on any atom is 0.308 e. The minimum absolute atomic E-state index is 0.0815. The lowest BCUT2D eigenvalue weighted by Gasteiger charge is -2.31. The van der Waals surface area contributed by atoms with Gasteiger partial charge in [0, 0.05) is 12.1 Å². The number of hydrogen-bond acceptors (Lipinski definition) is 2. The quantitative estimate of drug-likeness (QED) is 0.749. The predicted molar refractivity (Wildman–Crippen MR) is 54.2 cm³/mol. The number of carboxylic acid groups (broad SMARTS) is 1. The highest BCUT2D eigenvalue weighted by atomic mass is 16.4. The van der Waals surface area contributed by atoms with Crippen LogP contribution in [0, 0.1) is 5.92 Å². The lowest BCUT2D eigenvalue weighted by atomic mass is 9.94. The summed E-state index contributed by atoms with van der Waals surface area (Å²) in [5, 5.41) is 8.84. The number of rotatable bonds is 3. The average molecular weight is 197 g/mol. The third kappa shape index (κ3) is 1.92. The molecule has 0 amide bonds. The van der Waals surface area contributed by atoms with Gasteiger partial charge in [-0.05, 0) is 26.3 Å². The summed E-state index contributed by atoms with van der Waals surface area (Å²) in [7, 11) is 2.10. The maximum atomic E-state index is 10.7. The second-order valence-corrected chi connectivity index (χ2v) is 4.71. The SMILES string of the molecule is CN(C1CCCCC1)C1CC1C(=O)O. The summed E-state index contributed by atoms with van der Waals surface area (Å²) < 4.78 is 0. The van der Waals surface area contributed by atoms with E-state index in [1.54, 1.807) is 0 Å². The molecule has 1 N–H and O–H groups in total. The van der Waals surface area contributed by atoms with Crippen LogP contribution in [0.15, 0.2) is 0 Å². The molecule has 3 heteroatoms. The van der Waals surface area contributed by atoms with E-state index in [4.69, 9.17) is 5.11 Å². The van der Waals surface area contributed by atoms with E-state index in [1.165, 1.54) is 32.1 Å². The number of carboxylic acids is 1. The van der Waals surface area contributed by atoms with Gasteiger partial charge in [0.15, 0.2) is 0 Å². The molecule has 3 nitrogen and oxygen atoms in total. The van der Waals surface area contributed by atoms with Crippen molar-refractivity contribution < 1.29 is 9.90 Å². The molecule has 2 atom stereocenters. The molecule has 0 heterocycles. The summed E-state index contributed by atoms with van der Waals surface area (Å²) in [6.45, 7) is 0. The van der Waals surface area contributed by atoms with Crippen LogP contribution in [-0.4, -0.2) is 35.1 Å². The van der Waals surface area contributed by atoms with Gasteiger partial charge >= 0.3 is 5.97 Å². The van der Waals surface area contributed by atoms with Gasteiger partial charge in [-0.1, -0.05) is 19.3 Å². The standard InChI is InChI=1S/C11H19NO2/c1-12(8-5-3-2-4-6-8)10-7-9(10)11(13)14/h8-10H,2-7H2,1H3,(H,13,14). The van der Waals surface area contributed by atoms with E-state index in [9.17, 15) is 4.79 Å². The molecule has 2 saturated carbocycles. The van der Waals surface area contributed by atoms with Gasteiger partial charge in [0.1, 0.15) is 0 Å². The van der Waals surface area contributed by atoms with Gasteiger partial charge < -0.3 is 5.11 Å². The van der Waals surface area contributed by atoms with Gasteiger partial charge in [-0.25, -0.2) is 0 Å². The van der Waals surface area contributed by atoms with Crippen molar-refractivity contribution in [2.24, 2.45) is 5.92 Å². The highest BCUT2D eigenvalue weighted by Gasteiger charge is 2.47. The van der Waals surface area contributed by atoms with Gasteiger partial charge in [0.25, 0.3) is 0 Å². The predicted octanol–water partition coefficient (Wildman–Crippen LogP) is 1.72. The first-order chi connectivity index (χ1) is 6.70. The van der Waals surface area contributed by atoms with Gasteiger partial charge in [0.2, 0.25) is 0 Å². The van der Waals surface area contributed by atoms with Crippen molar-refractivity contribution in [2.75, 3.05) is 7.05 Å². The van der Waals surface area contributed by atoms with Crippen molar-refractivity contribution >= 4 is 5.97 Å². The molecule has 0 aromatic carbocycles. The molecule has 0 bridgehead atoms. The fraction of sp³-hybridized carbons (Fsp3) is 0.909. The Hall–Kier alpha value is -0.570. The van der Waals surface area contributed by atoms with E-state index in [1.807, 2.05) is 0 Å². The summed E-state index contributed by atoms with van der Waals surface area (Å²) >= 11 is 0. The molecule has 0 aromatic rings. The van der Waals surface area contributed by atoms with Gasteiger partial charge in [-0.2, -0.15) is 0 Å². The highest BCUT2D eigenvalue weighted by molar-refractivity contribution is 5.74. The first-order valence-electron chi connectivity index (χ1n) is 5.65. The van der Waals surface area contributed by atoms with Crippen LogP contribution in [0.1, 0.15) is 38.5 Å². The monoisotopic (exact) mass is 197 g/mol. The van der Waals surface area contributed by atoms with Crippen molar-refractivity contribution in [3.63, 3.8) is 0 Å². The van der Waals surface area contributed by atoms with Crippen molar-refractivity contribution in [3.8, 4) is 0 Å². The minimum atomic E-state index is -0.613. The first kappa shape index (κ1) is 9.97. The lowest BCUT2D eigenvalue weighted by Crippen LogP contribution is -2.36. The van der Waals surface area contributed by atoms with Crippen LogP contribution in [0.2, 0.25) is 0 Å². The second-order valence-electron chi connectivity index (χ2n) is 4.71. The lowest BCUT2D eigenvalue weighted by molar-refractivity contribution is -0.139. The Morgan fingerprint density at radius 1 is 1.29 bits per heavy atom. The van der Waals surface area contributed by atoms with Crippen molar-refractivity contribution in [1.82, 2.24) is 4.90 Å². The Labute approximate surface area is 85.1 Å². The largest absolute Gasteiger partial charge is 0.481 e. The van der Waals surface area contributed by atoms with E-state index in [0.29, 0.717) is 12.1 Å². The Morgan fingerprint density at radius 2 is 1.93 bits per heavy atom. The molecule has 2 aliphatic rings. The van der Waals surface area contributed by atoms with E-state index in [-0.39, 0.29) is 5.92 Å². The molecule has 0 aliphatic heterocycles. The Kier molecular flexibility index (Phi) is 2.77. The van der Waals surface area contributed by atoms with Crippen LogP contribution in [0.3, 0.4) is 0 Å². The Balaban J connectivity index is 1.83. The van der Waals surface area contributed by atoms with Crippen molar-refractivity contribution in [1.29, 1.82) is 0 Å². The smallest absolute Gasteiger partial charge is 0.308 e. The first-order valence-corrected chi connectivity index (χ1v) is 5.65. The maximum absolute atomic E-state index is 10.7. The number of nitrogens with zero attached hydrogens (tertiary/aromatic N) is 1. The number of aliphatic carboxylic acids is 1. The van der Waals surface area contributed by atoms with E-state index < -0.39 is 5.97 Å². The zero-order valence-corrected chi connectivity index (χ0v) is 8.78. The topological polar surface area (TPSA) is 40.5 Å². The van der Waals surface area contributed by atoms with Crippen LogP contribution >= 0.6 is 0 Å². The van der Waals surface area contributed by atoms with Crippen LogP contribution < -0.4 is 0 Å². The molecule has 2 aliphatic carbocycles. The van der Waals surface area contributed by atoms with Crippen LogP contribution in [-0.2, 0) is 4.79 Å². The average Bonchev–Trinajstić information content (AvgIpc) is 2.97. The van der Waals surface area contributed by atoms with Gasteiger partial charge in [-0.15, -0.1) is 0 Å². The molecule has 2 rings (SSSR count). The molecule has 2 fully saturated rings. The number of hydrogen-bond donors (Lipinski definition) is 1. The normalized spacial score (nSPS) is 33.3. The minimum Gasteiger partial charge on any atom is -0.481 e. The molecule has 0 spiro atoms. The van der Waals surface area contributed by atoms with Crippen LogP contribution in [0.4, 0.5) is 0 Å². The third-order valence-corrected chi connectivity index (χ3v) is 3.75. The van der Waals surface area contributed by atoms with Crippen molar-refractivity contribution in [2.45, 2.75) is 50.6 Å². The van der Waals surface area contributed by atoms with Gasteiger partial charge in [-0.3, -0.25) is 9.69 Å². The van der Waals surface area contributed by atoms with E-state index in [0.717, 1.165) is 6.42 Å². The van der Waals surface area contributed by atoms with E-state index >= 15 is 0 Å². The molecular formula is C11H19NO2. The number of carbonyl (C=O) groups is 1. The second kappa shape index (κ2) is 3.89. The zero-order valence-electron chi connectivity index (χ0n) is 8.78. The van der Waals surface area contributed by atoms with Gasteiger partial charge in [0.05, 0.1) is 5.92 Å². The molecular weight excluding hydrogens is 178 g/mol. The summed E-state index contributed by atoms with van der Waals surface area (Å²) in [5.41, 5.74) is 0. The fourth-order valence-corrected chi connectivity index (χ4v) is 2.66. The summed E-state index contributed by atoms with van der Waals surface area (Å²) in [5.74, 6) is -0.695. The molecule has 0 radical (unpaired) electrons. The molecule has 0 aromatic heterocycles. The van der Waals surface area contributed by atoms with Crippen molar-refractivity contribution in [3.05, 3.63) is 0 Å². The zero-order chi connectivity index (χ0) is 10.1. The molecule has 2 unspecified atom stereocenters. The van der Waals surface area contributed by atoms with Crippen LogP contribution in [0.25, 0.3) is 0 Å². The summed E-state index contributed by atoms with van der Waals surface area (Å²) in [6.07, 6.45) is 7.39. The fourth-order valence-electron chi connectivity index (χ4n) is 2.66.